The lowest BCUT2D eigenvalue weighted by atomic mass is 9.98. The van der Waals surface area contributed by atoms with Crippen LogP contribution in [0.3, 0.4) is 0 Å². The second-order valence-corrected chi connectivity index (χ2v) is 6.97. The molecule has 3 heteroatoms. The van der Waals surface area contributed by atoms with E-state index < -0.39 is 0 Å². The fraction of sp³-hybridized carbons (Fsp3) is 0.765. The maximum absolute atomic E-state index is 6.03. The number of ether oxygens (including phenoxy) is 1. The molecule has 1 saturated carbocycles. The van der Waals surface area contributed by atoms with Crippen molar-refractivity contribution in [2.45, 2.75) is 84.6 Å². The Kier molecular flexibility index (Phi) is 5.28. The van der Waals surface area contributed by atoms with Crippen molar-refractivity contribution in [2.24, 2.45) is 0 Å². The molecule has 0 aromatic carbocycles. The molecule has 3 nitrogen and oxygen atoms in total. The molecule has 20 heavy (non-hydrogen) atoms. The van der Waals surface area contributed by atoms with Crippen LogP contribution in [0.2, 0.25) is 0 Å². The van der Waals surface area contributed by atoms with Crippen LogP contribution in [0.15, 0.2) is 10.5 Å². The summed E-state index contributed by atoms with van der Waals surface area (Å²) in [6, 6.07) is 2.14. The van der Waals surface area contributed by atoms with E-state index in [1.54, 1.807) is 0 Å². The second-order valence-electron chi connectivity index (χ2n) is 6.97. The van der Waals surface area contributed by atoms with Crippen molar-refractivity contribution in [3.8, 4) is 0 Å². The van der Waals surface area contributed by atoms with E-state index in [1.165, 1.54) is 37.7 Å². The summed E-state index contributed by atoms with van der Waals surface area (Å²) < 4.78 is 11.8. The van der Waals surface area contributed by atoms with Crippen molar-refractivity contribution in [1.29, 1.82) is 0 Å². The van der Waals surface area contributed by atoms with Crippen molar-refractivity contribution in [3.63, 3.8) is 0 Å². The highest BCUT2D eigenvalue weighted by atomic mass is 16.5. The normalized spacial score (nSPS) is 17.6. The predicted molar refractivity (Wildman–Crippen MR) is 81.7 cm³/mol. The standard InChI is InChI=1S/C17H29NO2/c1-13-14(12-19-15-8-6-5-7-9-15)10-16(20-13)11-18-17(2,3)4/h10,15,18H,5-9,11-12H2,1-4H3. The average molecular weight is 279 g/mol. The summed E-state index contributed by atoms with van der Waals surface area (Å²) in [6.45, 7) is 9.98. The van der Waals surface area contributed by atoms with E-state index in [9.17, 15) is 0 Å². The van der Waals surface area contributed by atoms with E-state index in [-0.39, 0.29) is 5.54 Å². The Bertz CT molecular complexity index is 411. The van der Waals surface area contributed by atoms with Crippen LogP contribution in [0.5, 0.6) is 0 Å². The molecule has 1 heterocycles. The van der Waals surface area contributed by atoms with Crippen molar-refractivity contribution in [2.75, 3.05) is 0 Å². The topological polar surface area (TPSA) is 34.4 Å². The summed E-state index contributed by atoms with van der Waals surface area (Å²) in [5.74, 6) is 1.99. The molecule has 1 fully saturated rings. The third-order valence-electron chi connectivity index (χ3n) is 3.89. The number of nitrogens with one attached hydrogen (secondary N) is 1. The highest BCUT2D eigenvalue weighted by Gasteiger charge is 2.16. The zero-order valence-corrected chi connectivity index (χ0v) is 13.4. The lowest BCUT2D eigenvalue weighted by molar-refractivity contribution is 0.0164. The van der Waals surface area contributed by atoms with Crippen LogP contribution in [0, 0.1) is 6.92 Å². The first-order valence-electron chi connectivity index (χ1n) is 7.89. The van der Waals surface area contributed by atoms with Gasteiger partial charge in [0.15, 0.2) is 0 Å². The van der Waals surface area contributed by atoms with Crippen LogP contribution in [-0.4, -0.2) is 11.6 Å². The SMILES string of the molecule is Cc1oc(CNC(C)(C)C)cc1COC1CCCCC1. The monoisotopic (exact) mass is 279 g/mol. The summed E-state index contributed by atoms with van der Waals surface area (Å²) in [5, 5.41) is 3.45. The van der Waals surface area contributed by atoms with Gasteiger partial charge in [0.25, 0.3) is 0 Å². The van der Waals surface area contributed by atoms with Gasteiger partial charge in [0.2, 0.25) is 0 Å². The lowest BCUT2D eigenvalue weighted by Gasteiger charge is -2.21. The summed E-state index contributed by atoms with van der Waals surface area (Å²) in [6.07, 6.45) is 6.89. The van der Waals surface area contributed by atoms with Gasteiger partial charge in [-0.1, -0.05) is 19.3 Å². The number of aryl methyl sites for hydroxylation is 1. The first-order valence-corrected chi connectivity index (χ1v) is 7.89. The molecule has 1 aliphatic rings. The van der Waals surface area contributed by atoms with Gasteiger partial charge in [0, 0.05) is 11.1 Å². The third-order valence-corrected chi connectivity index (χ3v) is 3.89. The van der Waals surface area contributed by atoms with Gasteiger partial charge in [-0.2, -0.15) is 0 Å². The van der Waals surface area contributed by atoms with Gasteiger partial charge in [-0.25, -0.2) is 0 Å². The van der Waals surface area contributed by atoms with Crippen molar-refractivity contribution < 1.29 is 9.15 Å². The third kappa shape index (κ3) is 4.95. The summed E-state index contributed by atoms with van der Waals surface area (Å²) >= 11 is 0. The molecular weight excluding hydrogens is 250 g/mol. The van der Waals surface area contributed by atoms with E-state index >= 15 is 0 Å². The molecule has 0 unspecified atom stereocenters. The number of furan rings is 1. The van der Waals surface area contributed by atoms with Crippen LogP contribution < -0.4 is 5.32 Å². The minimum atomic E-state index is 0.111. The molecule has 0 atom stereocenters. The summed E-state index contributed by atoms with van der Waals surface area (Å²) in [4.78, 5) is 0. The molecule has 0 amide bonds. The molecule has 0 saturated heterocycles. The summed E-state index contributed by atoms with van der Waals surface area (Å²) in [7, 11) is 0. The molecule has 0 bridgehead atoms. The van der Waals surface area contributed by atoms with E-state index in [4.69, 9.17) is 9.15 Å². The Hall–Kier alpha value is -0.800. The van der Waals surface area contributed by atoms with Crippen molar-refractivity contribution >= 4 is 0 Å². The Morgan fingerprint density at radius 1 is 1.25 bits per heavy atom. The number of rotatable bonds is 5. The van der Waals surface area contributed by atoms with Crippen LogP contribution in [-0.2, 0) is 17.9 Å². The molecule has 1 aromatic heterocycles. The van der Waals surface area contributed by atoms with E-state index in [2.05, 4.69) is 32.2 Å². The number of hydrogen-bond donors (Lipinski definition) is 1. The largest absolute Gasteiger partial charge is 0.465 e. The van der Waals surface area contributed by atoms with E-state index in [0.29, 0.717) is 12.7 Å². The summed E-state index contributed by atoms with van der Waals surface area (Å²) in [5.41, 5.74) is 1.31. The average Bonchev–Trinajstić information content (AvgIpc) is 2.75. The highest BCUT2D eigenvalue weighted by molar-refractivity contribution is 5.20. The predicted octanol–water partition coefficient (Wildman–Crippen LogP) is 4.33. The van der Waals surface area contributed by atoms with Crippen molar-refractivity contribution in [1.82, 2.24) is 5.32 Å². The zero-order chi connectivity index (χ0) is 14.6. The zero-order valence-electron chi connectivity index (χ0n) is 13.4. The Balaban J connectivity index is 1.83. The molecule has 0 radical (unpaired) electrons. The molecule has 1 aromatic rings. The first kappa shape index (κ1) is 15.6. The molecular formula is C17H29NO2. The smallest absolute Gasteiger partial charge is 0.118 e. The lowest BCUT2D eigenvalue weighted by Crippen LogP contribution is -2.34. The maximum Gasteiger partial charge on any atom is 0.118 e. The van der Waals surface area contributed by atoms with Crippen molar-refractivity contribution in [3.05, 3.63) is 23.2 Å². The van der Waals surface area contributed by atoms with Gasteiger partial charge in [0.05, 0.1) is 19.3 Å². The van der Waals surface area contributed by atoms with Gasteiger partial charge >= 0.3 is 0 Å². The van der Waals surface area contributed by atoms with Gasteiger partial charge in [-0.15, -0.1) is 0 Å². The Morgan fingerprint density at radius 3 is 2.60 bits per heavy atom. The minimum absolute atomic E-state index is 0.111. The van der Waals surface area contributed by atoms with Gasteiger partial charge in [-0.05, 0) is 46.6 Å². The minimum Gasteiger partial charge on any atom is -0.465 e. The van der Waals surface area contributed by atoms with E-state index in [1.807, 2.05) is 6.92 Å². The Morgan fingerprint density at radius 2 is 1.95 bits per heavy atom. The van der Waals surface area contributed by atoms with E-state index in [0.717, 1.165) is 18.1 Å². The highest BCUT2D eigenvalue weighted by Crippen LogP contribution is 2.23. The van der Waals surface area contributed by atoms with Gasteiger partial charge in [-0.3, -0.25) is 0 Å². The first-order chi connectivity index (χ1) is 9.44. The molecule has 0 spiro atoms. The molecule has 0 aliphatic heterocycles. The van der Waals surface area contributed by atoms with Crippen LogP contribution in [0.1, 0.15) is 70.0 Å². The molecule has 1 N–H and O–H groups in total. The van der Waals surface area contributed by atoms with Crippen LogP contribution in [0.25, 0.3) is 0 Å². The molecule has 114 valence electrons. The van der Waals surface area contributed by atoms with Crippen LogP contribution >= 0.6 is 0 Å². The Labute approximate surface area is 123 Å². The number of hydrogen-bond acceptors (Lipinski definition) is 3. The molecule has 2 rings (SSSR count). The molecule has 1 aliphatic carbocycles. The second kappa shape index (κ2) is 6.77. The fourth-order valence-corrected chi connectivity index (χ4v) is 2.61. The van der Waals surface area contributed by atoms with Gasteiger partial charge in [0.1, 0.15) is 11.5 Å². The maximum atomic E-state index is 6.03. The quantitative estimate of drug-likeness (QED) is 0.871. The fourth-order valence-electron chi connectivity index (χ4n) is 2.61. The van der Waals surface area contributed by atoms with Gasteiger partial charge < -0.3 is 14.5 Å². The van der Waals surface area contributed by atoms with Crippen LogP contribution in [0.4, 0.5) is 0 Å².